The fourth-order valence-corrected chi connectivity index (χ4v) is 4.65. The minimum Gasteiger partial charge on any atom is -0.365 e. The van der Waals surface area contributed by atoms with Crippen LogP contribution in [0.1, 0.15) is 18.4 Å². The molecule has 1 aliphatic heterocycles. The number of aryl methyl sites for hydroxylation is 1. The second-order valence-electron chi connectivity index (χ2n) is 7.63. The summed E-state index contributed by atoms with van der Waals surface area (Å²) >= 11 is 1.59. The number of amides is 1. The minimum absolute atomic E-state index is 0.324. The Morgan fingerprint density at radius 1 is 1.19 bits per heavy atom. The van der Waals surface area contributed by atoms with Crippen molar-refractivity contribution < 1.29 is 22.8 Å². The van der Waals surface area contributed by atoms with Gasteiger partial charge in [0, 0.05) is 30.1 Å². The fourth-order valence-electron chi connectivity index (χ4n) is 3.58. The summed E-state index contributed by atoms with van der Waals surface area (Å²) in [6, 6.07) is 12.8. The highest BCUT2D eigenvalue weighted by atomic mass is 32.1. The zero-order chi connectivity index (χ0) is 22.9. The van der Waals surface area contributed by atoms with Crippen LogP contribution in [0.25, 0.3) is 20.8 Å². The molecule has 0 bridgehead atoms. The van der Waals surface area contributed by atoms with Crippen LogP contribution < -0.4 is 5.32 Å². The van der Waals surface area contributed by atoms with E-state index in [0.717, 1.165) is 27.0 Å². The Kier molecular flexibility index (Phi) is 6.01. The van der Waals surface area contributed by atoms with E-state index < -0.39 is 18.0 Å². The quantitative estimate of drug-likeness (QED) is 0.525. The molecular weight excluding hydrogens is 439 g/mol. The predicted octanol–water partition coefficient (Wildman–Crippen LogP) is 5.32. The van der Waals surface area contributed by atoms with Crippen LogP contribution in [-0.2, 0) is 9.59 Å². The number of ketones is 1. The maximum atomic E-state index is 12.7. The number of likely N-dealkylation sites (tertiary alicyclic amines) is 1. The number of anilines is 1. The number of alkyl halides is 3. The van der Waals surface area contributed by atoms with Gasteiger partial charge in [-0.2, -0.15) is 13.2 Å². The van der Waals surface area contributed by atoms with Gasteiger partial charge in [0.05, 0.1) is 10.2 Å². The molecule has 3 aromatic rings. The molecule has 0 radical (unpaired) electrons. The van der Waals surface area contributed by atoms with E-state index >= 15 is 0 Å². The van der Waals surface area contributed by atoms with Crippen molar-refractivity contribution in [2.45, 2.75) is 32.0 Å². The van der Waals surface area contributed by atoms with Crippen molar-refractivity contribution in [3.63, 3.8) is 0 Å². The molecule has 9 heteroatoms. The first-order chi connectivity index (χ1) is 15.2. The van der Waals surface area contributed by atoms with E-state index in [1.54, 1.807) is 23.5 Å². The van der Waals surface area contributed by atoms with Gasteiger partial charge in [-0.25, -0.2) is 4.98 Å². The number of carbonyl (C=O) groups is 2. The third kappa shape index (κ3) is 4.83. The maximum Gasteiger partial charge on any atom is 0.454 e. The monoisotopic (exact) mass is 459 g/mol. The summed E-state index contributed by atoms with van der Waals surface area (Å²) in [6.07, 6.45) is -2.24. The van der Waals surface area contributed by atoms with Crippen LogP contribution in [0.5, 0.6) is 0 Å². The molecule has 2 heterocycles. The predicted molar refractivity (Wildman–Crippen MR) is 118 cm³/mol. The molecule has 1 atom stereocenters. The third-order valence-electron chi connectivity index (χ3n) is 5.24. The lowest BCUT2D eigenvalue weighted by atomic mass is 10.1. The molecule has 32 heavy (non-hydrogen) atoms. The first-order valence-electron chi connectivity index (χ1n) is 10.0. The molecular formula is C23H20F3N3O2S. The number of allylic oxidation sites excluding steroid dienone is 1. The Morgan fingerprint density at radius 3 is 2.66 bits per heavy atom. The van der Waals surface area contributed by atoms with Gasteiger partial charge >= 0.3 is 6.18 Å². The number of thiazole rings is 1. The average Bonchev–Trinajstić information content (AvgIpc) is 3.38. The Balaban J connectivity index is 1.43. The lowest BCUT2D eigenvalue weighted by Crippen LogP contribution is -2.36. The molecule has 0 saturated carbocycles. The van der Waals surface area contributed by atoms with Crippen molar-refractivity contribution in [1.29, 1.82) is 0 Å². The van der Waals surface area contributed by atoms with Crippen LogP contribution in [0.3, 0.4) is 0 Å². The standard InChI is InChI=1S/C23H20F3N3O2S/c1-14-4-9-17-19(13-14)32-22(28-17)15-5-7-16(8-6-15)27-21(31)18-3-2-11-29(18)12-10-20(30)23(24,25)26/h4-10,12-13,18H,2-3,11H2,1H3,(H,27,31). The number of hydrogen-bond acceptors (Lipinski definition) is 5. The van der Waals surface area contributed by atoms with Crippen LogP contribution in [0.4, 0.5) is 18.9 Å². The molecule has 166 valence electrons. The van der Waals surface area contributed by atoms with Gasteiger partial charge in [-0.1, -0.05) is 6.07 Å². The highest BCUT2D eigenvalue weighted by Gasteiger charge is 2.37. The molecule has 1 aromatic heterocycles. The first-order valence-corrected chi connectivity index (χ1v) is 10.9. The van der Waals surface area contributed by atoms with Gasteiger partial charge in [0.2, 0.25) is 5.91 Å². The summed E-state index contributed by atoms with van der Waals surface area (Å²) in [5.41, 5.74) is 3.62. The average molecular weight is 459 g/mol. The Hall–Kier alpha value is -3.20. The number of aromatic nitrogens is 1. The topological polar surface area (TPSA) is 62.3 Å². The highest BCUT2D eigenvalue weighted by molar-refractivity contribution is 7.21. The molecule has 5 nitrogen and oxygen atoms in total. The van der Waals surface area contributed by atoms with Crippen LogP contribution >= 0.6 is 11.3 Å². The summed E-state index contributed by atoms with van der Waals surface area (Å²) in [5.74, 6) is -2.26. The minimum atomic E-state index is -4.92. The summed E-state index contributed by atoms with van der Waals surface area (Å²) in [6.45, 7) is 2.45. The molecule has 4 rings (SSSR count). The second-order valence-corrected chi connectivity index (χ2v) is 8.66. The first kappa shape index (κ1) is 22.0. The largest absolute Gasteiger partial charge is 0.454 e. The van der Waals surface area contributed by atoms with E-state index in [-0.39, 0.29) is 5.91 Å². The van der Waals surface area contributed by atoms with Crippen molar-refractivity contribution in [2.24, 2.45) is 0 Å². The molecule has 1 amide bonds. The zero-order valence-electron chi connectivity index (χ0n) is 17.1. The SMILES string of the molecule is Cc1ccc2nc(-c3ccc(NC(=O)C4CCCN4C=CC(=O)C(F)(F)F)cc3)sc2c1. The molecule has 0 spiro atoms. The van der Waals surface area contributed by atoms with Crippen molar-refractivity contribution >= 4 is 38.9 Å². The van der Waals surface area contributed by atoms with Crippen molar-refractivity contribution in [1.82, 2.24) is 9.88 Å². The van der Waals surface area contributed by atoms with Gasteiger partial charge in [-0.05, 0) is 61.7 Å². The van der Waals surface area contributed by atoms with Gasteiger partial charge in [-0.15, -0.1) is 11.3 Å². The van der Waals surface area contributed by atoms with E-state index in [1.807, 2.05) is 31.2 Å². The number of rotatable bonds is 5. The molecule has 1 aliphatic rings. The number of benzene rings is 2. The Bertz CT molecular complexity index is 1190. The van der Waals surface area contributed by atoms with Crippen LogP contribution in [0, 0.1) is 6.92 Å². The van der Waals surface area contributed by atoms with E-state index in [9.17, 15) is 22.8 Å². The summed E-state index contributed by atoms with van der Waals surface area (Å²) < 4.78 is 38.3. The summed E-state index contributed by atoms with van der Waals surface area (Å²) in [4.78, 5) is 29.9. The van der Waals surface area contributed by atoms with E-state index in [4.69, 9.17) is 0 Å². The Labute approximate surface area is 186 Å². The van der Waals surface area contributed by atoms with Crippen molar-refractivity contribution in [2.75, 3.05) is 11.9 Å². The zero-order valence-corrected chi connectivity index (χ0v) is 18.0. The van der Waals surface area contributed by atoms with Crippen molar-refractivity contribution in [3.05, 3.63) is 60.3 Å². The van der Waals surface area contributed by atoms with Crippen LogP contribution in [0.2, 0.25) is 0 Å². The highest BCUT2D eigenvalue weighted by Crippen LogP contribution is 2.31. The fraction of sp³-hybridized carbons (Fsp3) is 0.261. The van der Waals surface area contributed by atoms with Gasteiger partial charge in [0.1, 0.15) is 11.0 Å². The normalized spacial score (nSPS) is 16.8. The maximum absolute atomic E-state index is 12.7. The molecule has 1 saturated heterocycles. The Morgan fingerprint density at radius 2 is 1.94 bits per heavy atom. The van der Waals surface area contributed by atoms with Gasteiger partial charge in [0.25, 0.3) is 5.78 Å². The second kappa shape index (κ2) is 8.74. The van der Waals surface area contributed by atoms with Gasteiger partial charge in [0.15, 0.2) is 0 Å². The molecule has 1 N–H and O–H groups in total. The molecule has 0 aliphatic carbocycles. The summed E-state index contributed by atoms with van der Waals surface area (Å²) in [5, 5.41) is 3.69. The molecule has 1 fully saturated rings. The number of hydrogen-bond donors (Lipinski definition) is 1. The third-order valence-corrected chi connectivity index (χ3v) is 6.30. The lowest BCUT2D eigenvalue weighted by molar-refractivity contribution is -0.165. The van der Waals surface area contributed by atoms with E-state index in [2.05, 4.69) is 16.4 Å². The number of nitrogens with zero attached hydrogens (tertiary/aromatic N) is 2. The smallest absolute Gasteiger partial charge is 0.365 e. The van der Waals surface area contributed by atoms with Crippen LogP contribution in [-0.4, -0.2) is 40.3 Å². The number of nitrogens with one attached hydrogen (secondary N) is 1. The molecule has 2 aromatic carbocycles. The number of carbonyl (C=O) groups excluding carboxylic acids is 2. The summed E-state index contributed by atoms with van der Waals surface area (Å²) in [7, 11) is 0. The number of halogens is 3. The van der Waals surface area contributed by atoms with E-state index in [1.165, 1.54) is 10.5 Å². The van der Waals surface area contributed by atoms with Gasteiger partial charge < -0.3 is 10.2 Å². The van der Waals surface area contributed by atoms with Gasteiger partial charge in [-0.3, -0.25) is 9.59 Å². The van der Waals surface area contributed by atoms with E-state index in [0.29, 0.717) is 31.1 Å². The molecule has 1 unspecified atom stereocenters. The van der Waals surface area contributed by atoms with Crippen molar-refractivity contribution in [3.8, 4) is 10.6 Å². The number of fused-ring (bicyclic) bond motifs is 1. The lowest BCUT2D eigenvalue weighted by Gasteiger charge is -2.22. The van der Waals surface area contributed by atoms with Crippen LogP contribution in [0.15, 0.2) is 54.7 Å².